The van der Waals surface area contributed by atoms with Gasteiger partial charge >= 0.3 is 0 Å². The fourth-order valence-corrected chi connectivity index (χ4v) is 6.47. The largest absolute Gasteiger partial charge is 0.301 e. The number of hydrogen-bond acceptors (Lipinski definition) is 6. The second kappa shape index (κ2) is 9.30. The van der Waals surface area contributed by atoms with E-state index < -0.39 is 26.0 Å². The Kier molecular flexibility index (Phi) is 7.09. The molecule has 0 radical (unpaired) electrons. The summed E-state index contributed by atoms with van der Waals surface area (Å²) in [6, 6.07) is 12.1. The van der Waals surface area contributed by atoms with Gasteiger partial charge in [-0.15, -0.1) is 0 Å². The van der Waals surface area contributed by atoms with Gasteiger partial charge in [0.2, 0.25) is 26.0 Å². The van der Waals surface area contributed by atoms with Crippen LogP contribution in [0.5, 0.6) is 0 Å². The molecule has 2 aromatic rings. The van der Waals surface area contributed by atoms with E-state index in [1.54, 1.807) is 6.92 Å². The van der Waals surface area contributed by atoms with Crippen LogP contribution in [0.15, 0.2) is 47.4 Å². The standard InChI is InChI=1S/C22H29N3O5S2/c1-5-17-7-9-18(10-8-17)20(24(3)4)15-23-32(29,30)21-14-19(11-6-16(21)2)25-22(26)12-13-31(25,27)28/h6-11,14,20,23H,5,12-13,15H2,1-4H3. The van der Waals surface area contributed by atoms with Crippen molar-refractivity contribution < 1.29 is 21.6 Å². The lowest BCUT2D eigenvalue weighted by Gasteiger charge is -2.25. The fraction of sp³-hybridized carbons (Fsp3) is 0.409. The van der Waals surface area contributed by atoms with Gasteiger partial charge in [-0.3, -0.25) is 4.79 Å². The summed E-state index contributed by atoms with van der Waals surface area (Å²) < 4.78 is 54.1. The van der Waals surface area contributed by atoms with Crippen LogP contribution < -0.4 is 9.03 Å². The van der Waals surface area contributed by atoms with E-state index in [4.69, 9.17) is 0 Å². The minimum atomic E-state index is -3.96. The van der Waals surface area contributed by atoms with Crippen molar-refractivity contribution in [2.45, 2.75) is 37.6 Å². The predicted octanol–water partition coefficient (Wildman–Crippen LogP) is 2.21. The highest BCUT2D eigenvalue weighted by Gasteiger charge is 2.37. The maximum Gasteiger partial charge on any atom is 0.242 e. The van der Waals surface area contributed by atoms with Crippen molar-refractivity contribution in [3.63, 3.8) is 0 Å². The molecular weight excluding hydrogens is 450 g/mol. The summed E-state index contributed by atoms with van der Waals surface area (Å²) in [6.45, 7) is 3.83. The number of rotatable bonds is 8. The third-order valence-electron chi connectivity index (χ3n) is 5.64. The molecule has 0 bridgehead atoms. The van der Waals surface area contributed by atoms with Crippen LogP contribution in [-0.2, 0) is 31.3 Å². The molecular formula is C22H29N3O5S2. The molecule has 8 nitrogen and oxygen atoms in total. The van der Waals surface area contributed by atoms with Gasteiger partial charge in [0.1, 0.15) is 0 Å². The predicted molar refractivity (Wildman–Crippen MR) is 125 cm³/mol. The van der Waals surface area contributed by atoms with Crippen molar-refractivity contribution in [3.05, 3.63) is 59.2 Å². The summed E-state index contributed by atoms with van der Waals surface area (Å²) in [6.07, 6.45) is 0.808. The SMILES string of the molecule is CCc1ccc(C(CNS(=O)(=O)c2cc(N3C(=O)CCS3(=O)=O)ccc2C)N(C)C)cc1. The first-order valence-electron chi connectivity index (χ1n) is 10.4. The number of sulfonamides is 2. The maximum absolute atomic E-state index is 13.1. The fourth-order valence-electron chi connectivity index (χ4n) is 3.71. The molecule has 1 atom stereocenters. The second-order valence-corrected chi connectivity index (χ2v) is 11.8. The minimum Gasteiger partial charge on any atom is -0.301 e. The van der Waals surface area contributed by atoms with Gasteiger partial charge in [-0.2, -0.15) is 0 Å². The molecule has 2 aromatic carbocycles. The van der Waals surface area contributed by atoms with E-state index in [9.17, 15) is 21.6 Å². The van der Waals surface area contributed by atoms with E-state index in [-0.39, 0.29) is 35.3 Å². The molecule has 1 unspecified atom stereocenters. The zero-order chi connectivity index (χ0) is 23.7. The average molecular weight is 480 g/mol. The number of aryl methyl sites for hydroxylation is 2. The first kappa shape index (κ1) is 24.4. The van der Waals surface area contributed by atoms with Crippen molar-refractivity contribution in [1.29, 1.82) is 0 Å². The molecule has 1 saturated heterocycles. The summed E-state index contributed by atoms with van der Waals surface area (Å²) in [5.74, 6) is -0.838. The second-order valence-electron chi connectivity index (χ2n) is 8.10. The van der Waals surface area contributed by atoms with Gasteiger partial charge < -0.3 is 4.90 Å². The average Bonchev–Trinajstić information content (AvgIpc) is 3.01. The van der Waals surface area contributed by atoms with Gasteiger partial charge in [-0.05, 0) is 56.3 Å². The minimum absolute atomic E-state index is 0.0396. The lowest BCUT2D eigenvalue weighted by atomic mass is 10.0. The van der Waals surface area contributed by atoms with Crippen LogP contribution in [-0.4, -0.2) is 54.0 Å². The van der Waals surface area contributed by atoms with Gasteiger partial charge in [0.15, 0.2) is 0 Å². The Labute approximate surface area is 190 Å². The molecule has 0 saturated carbocycles. The molecule has 1 heterocycles. The lowest BCUT2D eigenvalue weighted by Crippen LogP contribution is -2.35. The highest BCUT2D eigenvalue weighted by molar-refractivity contribution is 7.94. The van der Waals surface area contributed by atoms with E-state index >= 15 is 0 Å². The van der Waals surface area contributed by atoms with E-state index in [1.165, 1.54) is 23.8 Å². The summed E-state index contributed by atoms with van der Waals surface area (Å²) in [4.78, 5) is 14.0. The number of carbonyl (C=O) groups is 1. The zero-order valence-electron chi connectivity index (χ0n) is 18.7. The summed E-state index contributed by atoms with van der Waals surface area (Å²) in [5, 5.41) is 0. The topological polar surface area (TPSA) is 104 Å². The summed E-state index contributed by atoms with van der Waals surface area (Å²) in [7, 11) is -3.98. The van der Waals surface area contributed by atoms with Crippen LogP contribution in [0, 0.1) is 6.92 Å². The van der Waals surface area contributed by atoms with Crippen LogP contribution in [0.2, 0.25) is 0 Å². The Morgan fingerprint density at radius 2 is 1.78 bits per heavy atom. The molecule has 1 fully saturated rings. The molecule has 1 N–H and O–H groups in total. The lowest BCUT2D eigenvalue weighted by molar-refractivity contribution is -0.116. The van der Waals surface area contributed by atoms with E-state index in [2.05, 4.69) is 11.6 Å². The molecule has 174 valence electrons. The van der Waals surface area contributed by atoms with Crippen molar-refractivity contribution in [2.75, 3.05) is 30.7 Å². The number of likely N-dealkylation sites (N-methyl/N-ethyl adjacent to an activating group) is 1. The Morgan fingerprint density at radius 1 is 1.12 bits per heavy atom. The Hall–Kier alpha value is -2.27. The van der Waals surface area contributed by atoms with Crippen LogP contribution in [0.3, 0.4) is 0 Å². The Balaban J connectivity index is 1.87. The van der Waals surface area contributed by atoms with Crippen LogP contribution in [0.25, 0.3) is 0 Å². The molecule has 0 aromatic heterocycles. The van der Waals surface area contributed by atoms with Gasteiger partial charge in [-0.1, -0.05) is 37.3 Å². The number of hydrogen-bond donors (Lipinski definition) is 1. The molecule has 32 heavy (non-hydrogen) atoms. The highest BCUT2D eigenvalue weighted by atomic mass is 32.2. The smallest absolute Gasteiger partial charge is 0.242 e. The van der Waals surface area contributed by atoms with Crippen molar-refractivity contribution in [3.8, 4) is 0 Å². The zero-order valence-corrected chi connectivity index (χ0v) is 20.3. The third kappa shape index (κ3) is 5.03. The van der Waals surface area contributed by atoms with Crippen LogP contribution in [0.4, 0.5) is 5.69 Å². The summed E-state index contributed by atoms with van der Waals surface area (Å²) >= 11 is 0. The van der Waals surface area contributed by atoms with Gasteiger partial charge in [0.05, 0.1) is 16.3 Å². The van der Waals surface area contributed by atoms with Crippen LogP contribution in [0.1, 0.15) is 36.1 Å². The summed E-state index contributed by atoms with van der Waals surface area (Å²) in [5.41, 5.74) is 2.68. The molecule has 0 aliphatic carbocycles. The quantitative estimate of drug-likeness (QED) is 0.623. The van der Waals surface area contributed by atoms with E-state index in [1.807, 2.05) is 43.3 Å². The number of carbonyl (C=O) groups excluding carboxylic acids is 1. The molecule has 3 rings (SSSR count). The van der Waals surface area contributed by atoms with Crippen molar-refractivity contribution >= 4 is 31.6 Å². The number of benzene rings is 2. The normalized spacial score (nSPS) is 17.2. The number of anilines is 1. The number of amides is 1. The third-order valence-corrected chi connectivity index (χ3v) is 8.89. The molecule has 1 aliphatic rings. The highest BCUT2D eigenvalue weighted by Crippen LogP contribution is 2.29. The van der Waals surface area contributed by atoms with E-state index in [0.717, 1.165) is 12.0 Å². The van der Waals surface area contributed by atoms with Crippen molar-refractivity contribution in [2.24, 2.45) is 0 Å². The monoisotopic (exact) mass is 479 g/mol. The molecule has 10 heteroatoms. The molecule has 1 aliphatic heterocycles. The first-order chi connectivity index (χ1) is 15.0. The maximum atomic E-state index is 13.1. The molecule has 1 amide bonds. The Morgan fingerprint density at radius 3 is 2.31 bits per heavy atom. The van der Waals surface area contributed by atoms with Gasteiger partial charge in [0, 0.05) is 19.0 Å². The van der Waals surface area contributed by atoms with Gasteiger partial charge in [-0.25, -0.2) is 25.9 Å². The Bertz CT molecular complexity index is 1210. The van der Waals surface area contributed by atoms with Gasteiger partial charge in [0.25, 0.3) is 0 Å². The number of nitrogens with one attached hydrogen (secondary N) is 1. The molecule has 0 spiro atoms. The first-order valence-corrected chi connectivity index (χ1v) is 13.5. The van der Waals surface area contributed by atoms with E-state index in [0.29, 0.717) is 9.87 Å². The van der Waals surface area contributed by atoms with Crippen molar-refractivity contribution in [1.82, 2.24) is 9.62 Å². The van der Waals surface area contributed by atoms with Crippen LogP contribution >= 0.6 is 0 Å². The number of nitrogens with zero attached hydrogens (tertiary/aromatic N) is 2.